The molecule has 0 fully saturated rings. The average molecular weight is 100 g/mol. The molecule has 0 amide bonds. The van der Waals surface area contributed by atoms with Crippen LogP contribution in [0.2, 0.25) is 0 Å². The largest absolute Gasteiger partial charge is 1.00 e. The average Bonchev–Trinajstić information content (AvgIpc) is 1.37. The summed E-state index contributed by atoms with van der Waals surface area (Å²) < 4.78 is 0. The van der Waals surface area contributed by atoms with E-state index in [0.717, 1.165) is 0 Å². The van der Waals surface area contributed by atoms with Crippen LogP contribution in [0.4, 0.5) is 0 Å². The number of hydrogen-bond donors (Lipinski definition) is 0. The molecule has 2 heteroatoms. The standard InChI is InChI=1S/C4H6.2Na/c1-3-4-2;;/h3-4H,1-2H2;;/q-2;2*+1. The van der Waals surface area contributed by atoms with Gasteiger partial charge >= 0.3 is 59.1 Å². The van der Waals surface area contributed by atoms with Crippen molar-refractivity contribution in [2.75, 3.05) is 0 Å². The summed E-state index contributed by atoms with van der Waals surface area (Å²) in [4.78, 5) is 0. The molecule has 0 aliphatic carbocycles. The molecular weight excluding hydrogens is 94.0 g/mol. The predicted molar refractivity (Wildman–Crippen MR) is 19.9 cm³/mol. The van der Waals surface area contributed by atoms with Crippen LogP contribution >= 0.6 is 0 Å². The van der Waals surface area contributed by atoms with Crippen molar-refractivity contribution >= 4 is 0 Å². The second-order valence-corrected chi connectivity index (χ2v) is 0.471. The summed E-state index contributed by atoms with van der Waals surface area (Å²) in [5, 5.41) is 0. The van der Waals surface area contributed by atoms with Crippen molar-refractivity contribution in [3.63, 3.8) is 0 Å². The van der Waals surface area contributed by atoms with Gasteiger partial charge in [-0.1, -0.05) is 0 Å². The molecule has 6 heavy (non-hydrogen) atoms. The fourth-order valence-electron chi connectivity index (χ4n) is 0. The Bertz CT molecular complexity index is 20.7. The van der Waals surface area contributed by atoms with Crippen LogP contribution in [0.5, 0.6) is 0 Å². The van der Waals surface area contributed by atoms with Gasteiger partial charge in [-0.25, -0.2) is 0 Å². The van der Waals surface area contributed by atoms with Gasteiger partial charge in [0.2, 0.25) is 0 Å². The normalized spacial score (nSPS) is 6.00. The molecule has 0 aromatic heterocycles. The molecular formula is C4H6Na2. The second-order valence-electron chi connectivity index (χ2n) is 0.471. The topological polar surface area (TPSA) is 0 Å². The van der Waals surface area contributed by atoms with Gasteiger partial charge in [0.05, 0.1) is 0 Å². The summed E-state index contributed by atoms with van der Waals surface area (Å²) in [6.07, 6.45) is 3.28. The minimum atomic E-state index is 0. The Hall–Kier alpha value is 1.48. The minimum Gasteiger partial charge on any atom is -0.382 e. The number of rotatable bonds is 0. The summed E-state index contributed by atoms with van der Waals surface area (Å²) in [5.74, 6) is 0. The van der Waals surface area contributed by atoms with Gasteiger partial charge in [0.25, 0.3) is 0 Å². The third-order valence-electron chi connectivity index (χ3n) is 0.167. The molecule has 0 unspecified atom stereocenters. The van der Waals surface area contributed by atoms with Crippen molar-refractivity contribution < 1.29 is 59.1 Å². The van der Waals surface area contributed by atoms with Crippen LogP contribution in [0.15, 0.2) is 12.2 Å². The third kappa shape index (κ3) is 17.9. The molecule has 0 saturated carbocycles. The maximum atomic E-state index is 3.36. The van der Waals surface area contributed by atoms with Gasteiger partial charge in [0.15, 0.2) is 0 Å². The fraction of sp³-hybridized carbons (Fsp3) is 0. The zero-order valence-electron chi connectivity index (χ0n) is 4.57. The smallest absolute Gasteiger partial charge is 0.382 e. The van der Waals surface area contributed by atoms with E-state index < -0.39 is 0 Å². The minimum absolute atomic E-state index is 0. The van der Waals surface area contributed by atoms with Crippen molar-refractivity contribution in [3.8, 4) is 0 Å². The van der Waals surface area contributed by atoms with Gasteiger partial charge in [0, 0.05) is 0 Å². The molecule has 0 aromatic rings. The second kappa shape index (κ2) is 16.1. The molecule has 0 saturated heterocycles. The first-order valence-electron chi connectivity index (χ1n) is 1.15. The van der Waals surface area contributed by atoms with Crippen LogP contribution < -0.4 is 59.1 Å². The van der Waals surface area contributed by atoms with E-state index in [1.807, 2.05) is 0 Å². The maximum absolute atomic E-state index is 3.36. The van der Waals surface area contributed by atoms with E-state index >= 15 is 0 Å². The number of hydrogen-bond acceptors (Lipinski definition) is 0. The van der Waals surface area contributed by atoms with Crippen molar-refractivity contribution in [1.29, 1.82) is 0 Å². The molecule has 0 radical (unpaired) electrons. The van der Waals surface area contributed by atoms with Gasteiger partial charge in [-0.05, 0) is 0 Å². The first-order valence-corrected chi connectivity index (χ1v) is 1.15. The van der Waals surface area contributed by atoms with Crippen LogP contribution in [0.25, 0.3) is 0 Å². The van der Waals surface area contributed by atoms with E-state index in [4.69, 9.17) is 0 Å². The van der Waals surface area contributed by atoms with E-state index in [9.17, 15) is 0 Å². The molecule has 0 bridgehead atoms. The van der Waals surface area contributed by atoms with Crippen LogP contribution in [0.3, 0.4) is 0 Å². The Morgan fingerprint density at radius 2 is 1.00 bits per heavy atom. The Kier molecular flexibility index (Phi) is 41.9. The molecule has 0 aromatic carbocycles. The third-order valence-corrected chi connectivity index (χ3v) is 0.167. The summed E-state index contributed by atoms with van der Waals surface area (Å²) in [5.41, 5.74) is 0. The van der Waals surface area contributed by atoms with Crippen LogP contribution in [-0.4, -0.2) is 0 Å². The van der Waals surface area contributed by atoms with Crippen molar-refractivity contribution in [2.45, 2.75) is 0 Å². The van der Waals surface area contributed by atoms with Crippen molar-refractivity contribution in [2.24, 2.45) is 0 Å². The Morgan fingerprint density at radius 1 is 0.833 bits per heavy atom. The SMILES string of the molecule is [CH2-]C=C[CH2-].[Na+].[Na+]. The zero-order chi connectivity index (χ0) is 3.41. The van der Waals surface area contributed by atoms with E-state index in [1.165, 1.54) is 0 Å². The number of allylic oxidation sites excluding steroid dienone is 2. The van der Waals surface area contributed by atoms with Crippen LogP contribution in [-0.2, 0) is 0 Å². The van der Waals surface area contributed by atoms with Crippen molar-refractivity contribution in [1.82, 2.24) is 0 Å². The predicted octanol–water partition coefficient (Wildman–Crippen LogP) is -4.78. The van der Waals surface area contributed by atoms with E-state index in [2.05, 4.69) is 13.8 Å². The first kappa shape index (κ1) is 15.6. The van der Waals surface area contributed by atoms with Gasteiger partial charge in [-0.3, -0.25) is 0 Å². The molecule has 0 atom stereocenters. The Morgan fingerprint density at radius 3 is 1.00 bits per heavy atom. The molecule has 0 rings (SSSR count). The zero-order valence-corrected chi connectivity index (χ0v) is 8.57. The summed E-state index contributed by atoms with van der Waals surface area (Å²) in [6.45, 7) is 6.72. The van der Waals surface area contributed by atoms with Crippen molar-refractivity contribution in [3.05, 3.63) is 26.0 Å². The van der Waals surface area contributed by atoms with Gasteiger partial charge in [-0.15, -0.1) is 0 Å². The molecule has 0 spiro atoms. The van der Waals surface area contributed by atoms with E-state index in [0.29, 0.717) is 0 Å². The Balaban J connectivity index is -0.0000000450. The maximum Gasteiger partial charge on any atom is 1.00 e. The fourth-order valence-corrected chi connectivity index (χ4v) is 0. The van der Waals surface area contributed by atoms with Gasteiger partial charge < -0.3 is 26.0 Å². The molecule has 0 aliphatic rings. The molecule has 0 nitrogen and oxygen atoms in total. The van der Waals surface area contributed by atoms with E-state index in [1.54, 1.807) is 12.2 Å². The monoisotopic (exact) mass is 100 g/mol. The molecule has 0 aliphatic heterocycles. The van der Waals surface area contributed by atoms with Gasteiger partial charge in [-0.2, -0.15) is 0 Å². The summed E-state index contributed by atoms with van der Waals surface area (Å²) in [7, 11) is 0. The summed E-state index contributed by atoms with van der Waals surface area (Å²) in [6, 6.07) is 0. The molecule has 0 N–H and O–H groups in total. The first-order chi connectivity index (χ1) is 1.91. The van der Waals surface area contributed by atoms with Crippen LogP contribution in [0.1, 0.15) is 0 Å². The Labute approximate surface area is 84.0 Å². The van der Waals surface area contributed by atoms with Gasteiger partial charge in [0.1, 0.15) is 0 Å². The summed E-state index contributed by atoms with van der Waals surface area (Å²) >= 11 is 0. The van der Waals surface area contributed by atoms with Crippen LogP contribution in [0, 0.1) is 13.8 Å². The quantitative estimate of drug-likeness (QED) is 0.212. The molecule has 24 valence electrons. The molecule has 0 heterocycles. The van der Waals surface area contributed by atoms with E-state index in [-0.39, 0.29) is 59.1 Å².